The Labute approximate surface area is 119 Å². The summed E-state index contributed by atoms with van der Waals surface area (Å²) in [4.78, 5) is 13.9. The molecule has 1 fully saturated rings. The van der Waals surface area contributed by atoms with E-state index < -0.39 is 6.10 Å². The van der Waals surface area contributed by atoms with Crippen LogP contribution >= 0.6 is 0 Å². The van der Waals surface area contributed by atoms with Crippen molar-refractivity contribution in [1.82, 2.24) is 4.90 Å². The number of amides is 2. The standard InChI is InChI=1S/C15H22N2O3/c1-10-6-7-17(14(10)9-18)15(20)16-13-5-3-4-12(8-13)11(2)19/h3-5,8,10-11,14,18-19H,6-7,9H2,1-2H3,(H,16,20). The molecule has 1 aromatic rings. The van der Waals surface area contributed by atoms with Gasteiger partial charge < -0.3 is 20.4 Å². The molecule has 110 valence electrons. The number of anilines is 1. The van der Waals surface area contributed by atoms with Crippen LogP contribution < -0.4 is 5.32 Å². The summed E-state index contributed by atoms with van der Waals surface area (Å²) in [6, 6.07) is 6.85. The highest BCUT2D eigenvalue weighted by molar-refractivity contribution is 5.89. The van der Waals surface area contributed by atoms with Gasteiger partial charge in [-0.3, -0.25) is 0 Å². The summed E-state index contributed by atoms with van der Waals surface area (Å²) in [6.07, 6.45) is 0.343. The lowest BCUT2D eigenvalue weighted by atomic mass is 10.0. The number of carbonyl (C=O) groups is 1. The number of carbonyl (C=O) groups excluding carboxylic acids is 1. The zero-order valence-corrected chi connectivity index (χ0v) is 11.9. The van der Waals surface area contributed by atoms with Crippen LogP contribution in [0, 0.1) is 5.92 Å². The Balaban J connectivity index is 2.06. The number of hydrogen-bond donors (Lipinski definition) is 3. The third-order valence-electron chi connectivity index (χ3n) is 3.95. The van der Waals surface area contributed by atoms with Gasteiger partial charge in [-0.1, -0.05) is 19.1 Å². The second-order valence-corrected chi connectivity index (χ2v) is 5.44. The monoisotopic (exact) mass is 278 g/mol. The molecule has 2 amide bonds. The smallest absolute Gasteiger partial charge is 0.322 e. The van der Waals surface area contributed by atoms with Crippen molar-refractivity contribution < 1.29 is 15.0 Å². The average Bonchev–Trinajstić information content (AvgIpc) is 2.80. The second kappa shape index (κ2) is 6.24. The predicted octanol–water partition coefficient (Wildman–Crippen LogP) is 1.97. The van der Waals surface area contributed by atoms with Crippen LogP contribution in [0.15, 0.2) is 24.3 Å². The fourth-order valence-electron chi connectivity index (χ4n) is 2.61. The van der Waals surface area contributed by atoms with Crippen molar-refractivity contribution in [3.63, 3.8) is 0 Å². The van der Waals surface area contributed by atoms with Crippen molar-refractivity contribution in [3.05, 3.63) is 29.8 Å². The van der Waals surface area contributed by atoms with E-state index in [1.54, 1.807) is 30.0 Å². The summed E-state index contributed by atoms with van der Waals surface area (Å²) in [6.45, 7) is 4.38. The molecule has 0 aromatic heterocycles. The normalized spacial score (nSPS) is 23.7. The zero-order chi connectivity index (χ0) is 14.7. The zero-order valence-electron chi connectivity index (χ0n) is 11.9. The molecule has 0 spiro atoms. The first-order chi connectivity index (χ1) is 9.52. The summed E-state index contributed by atoms with van der Waals surface area (Å²) >= 11 is 0. The molecule has 1 aliphatic heterocycles. The van der Waals surface area contributed by atoms with Gasteiger partial charge in [0.15, 0.2) is 0 Å². The number of hydrogen-bond acceptors (Lipinski definition) is 3. The minimum Gasteiger partial charge on any atom is -0.394 e. The summed E-state index contributed by atoms with van der Waals surface area (Å²) in [5.74, 6) is 0.314. The molecule has 0 radical (unpaired) electrons. The van der Waals surface area contributed by atoms with Gasteiger partial charge in [0.2, 0.25) is 0 Å². The van der Waals surface area contributed by atoms with E-state index in [1.807, 2.05) is 13.0 Å². The van der Waals surface area contributed by atoms with Gasteiger partial charge in [-0.25, -0.2) is 4.79 Å². The molecule has 0 aliphatic carbocycles. The van der Waals surface area contributed by atoms with Crippen molar-refractivity contribution >= 4 is 11.7 Å². The molecule has 1 aliphatic rings. The average molecular weight is 278 g/mol. The van der Waals surface area contributed by atoms with Gasteiger partial charge in [-0.2, -0.15) is 0 Å². The van der Waals surface area contributed by atoms with Crippen LogP contribution in [0.3, 0.4) is 0 Å². The van der Waals surface area contributed by atoms with Gasteiger partial charge in [0.25, 0.3) is 0 Å². The summed E-state index contributed by atoms with van der Waals surface area (Å²) in [5, 5.41) is 21.8. The Hall–Kier alpha value is -1.59. The van der Waals surface area contributed by atoms with Gasteiger partial charge in [0.05, 0.1) is 18.8 Å². The molecule has 1 heterocycles. The first-order valence-corrected chi connectivity index (χ1v) is 6.99. The largest absolute Gasteiger partial charge is 0.394 e. The first-order valence-electron chi connectivity index (χ1n) is 6.99. The topological polar surface area (TPSA) is 72.8 Å². The van der Waals surface area contributed by atoms with E-state index in [2.05, 4.69) is 5.32 Å². The maximum absolute atomic E-state index is 12.3. The number of likely N-dealkylation sites (tertiary alicyclic amines) is 1. The van der Waals surface area contributed by atoms with Crippen LogP contribution in [0.4, 0.5) is 10.5 Å². The van der Waals surface area contributed by atoms with Crippen LogP contribution in [0.25, 0.3) is 0 Å². The molecule has 0 bridgehead atoms. The highest BCUT2D eigenvalue weighted by atomic mass is 16.3. The van der Waals surface area contributed by atoms with E-state index in [0.29, 0.717) is 18.2 Å². The highest BCUT2D eigenvalue weighted by Crippen LogP contribution is 2.25. The molecule has 1 aromatic carbocycles. The van der Waals surface area contributed by atoms with Crippen molar-refractivity contribution in [2.24, 2.45) is 5.92 Å². The summed E-state index contributed by atoms with van der Waals surface area (Å²) in [5.41, 5.74) is 1.42. The van der Waals surface area contributed by atoms with Crippen LogP contribution in [0.5, 0.6) is 0 Å². The van der Waals surface area contributed by atoms with Crippen LogP contribution in [-0.2, 0) is 0 Å². The Bertz CT molecular complexity index is 476. The molecule has 3 atom stereocenters. The number of nitrogens with zero attached hydrogens (tertiary/aromatic N) is 1. The maximum Gasteiger partial charge on any atom is 0.322 e. The molecule has 5 nitrogen and oxygen atoms in total. The number of nitrogens with one attached hydrogen (secondary N) is 1. The summed E-state index contributed by atoms with van der Waals surface area (Å²) in [7, 11) is 0. The maximum atomic E-state index is 12.3. The lowest BCUT2D eigenvalue weighted by Gasteiger charge is -2.25. The van der Waals surface area contributed by atoms with Gasteiger partial charge in [0, 0.05) is 12.2 Å². The molecular weight excluding hydrogens is 256 g/mol. The quantitative estimate of drug-likeness (QED) is 0.791. The van der Waals surface area contributed by atoms with E-state index in [1.165, 1.54) is 0 Å². The minimum absolute atomic E-state index is 0.0116. The third-order valence-corrected chi connectivity index (χ3v) is 3.95. The van der Waals surface area contributed by atoms with E-state index in [0.717, 1.165) is 12.0 Å². The Kier molecular flexibility index (Phi) is 4.62. The van der Waals surface area contributed by atoms with Crippen LogP contribution in [-0.4, -0.2) is 40.3 Å². The third kappa shape index (κ3) is 3.11. The summed E-state index contributed by atoms with van der Waals surface area (Å²) < 4.78 is 0. The molecule has 1 saturated heterocycles. The van der Waals surface area contributed by atoms with Gasteiger partial charge in [0.1, 0.15) is 0 Å². The molecule has 5 heteroatoms. The molecule has 0 saturated carbocycles. The molecule has 3 unspecified atom stereocenters. The number of urea groups is 1. The highest BCUT2D eigenvalue weighted by Gasteiger charge is 2.33. The van der Waals surface area contributed by atoms with Crippen molar-refractivity contribution in [2.45, 2.75) is 32.4 Å². The van der Waals surface area contributed by atoms with E-state index in [-0.39, 0.29) is 18.7 Å². The molecule has 3 N–H and O–H groups in total. The van der Waals surface area contributed by atoms with Crippen LogP contribution in [0.2, 0.25) is 0 Å². The Morgan fingerprint density at radius 3 is 2.95 bits per heavy atom. The number of benzene rings is 1. The first kappa shape index (κ1) is 14.8. The fraction of sp³-hybridized carbons (Fsp3) is 0.533. The Morgan fingerprint density at radius 2 is 2.30 bits per heavy atom. The van der Waals surface area contributed by atoms with E-state index in [9.17, 15) is 15.0 Å². The molecular formula is C15H22N2O3. The second-order valence-electron chi connectivity index (χ2n) is 5.44. The number of aliphatic hydroxyl groups excluding tert-OH is 2. The van der Waals surface area contributed by atoms with Crippen LogP contribution in [0.1, 0.15) is 31.9 Å². The van der Waals surface area contributed by atoms with Crippen molar-refractivity contribution in [3.8, 4) is 0 Å². The van der Waals surface area contributed by atoms with Crippen molar-refractivity contribution in [1.29, 1.82) is 0 Å². The lowest BCUT2D eigenvalue weighted by molar-refractivity contribution is 0.152. The fourth-order valence-corrected chi connectivity index (χ4v) is 2.61. The van der Waals surface area contributed by atoms with E-state index >= 15 is 0 Å². The number of aliphatic hydroxyl groups is 2. The SMILES string of the molecule is CC(O)c1cccc(NC(=O)N2CCC(C)C2CO)c1. The molecule has 2 rings (SSSR count). The van der Waals surface area contributed by atoms with E-state index in [4.69, 9.17) is 0 Å². The Morgan fingerprint density at radius 1 is 1.55 bits per heavy atom. The van der Waals surface area contributed by atoms with Gasteiger partial charge >= 0.3 is 6.03 Å². The number of rotatable bonds is 3. The minimum atomic E-state index is -0.566. The van der Waals surface area contributed by atoms with Gasteiger partial charge in [-0.15, -0.1) is 0 Å². The van der Waals surface area contributed by atoms with Crippen molar-refractivity contribution in [2.75, 3.05) is 18.5 Å². The predicted molar refractivity (Wildman–Crippen MR) is 77.5 cm³/mol. The lowest BCUT2D eigenvalue weighted by Crippen LogP contribution is -2.42. The van der Waals surface area contributed by atoms with Gasteiger partial charge in [-0.05, 0) is 37.0 Å². The molecule has 20 heavy (non-hydrogen) atoms.